The third kappa shape index (κ3) is 3.12. The van der Waals surface area contributed by atoms with E-state index in [1.165, 1.54) is 0 Å². The van der Waals surface area contributed by atoms with Crippen molar-refractivity contribution < 1.29 is 9.53 Å². The molecule has 4 nitrogen and oxygen atoms in total. The van der Waals surface area contributed by atoms with Crippen LogP contribution in [0.5, 0.6) is 0 Å². The summed E-state index contributed by atoms with van der Waals surface area (Å²) in [5.41, 5.74) is 0.219. The highest BCUT2D eigenvalue weighted by Gasteiger charge is 2.50. The Morgan fingerprint density at radius 2 is 2.41 bits per heavy atom. The molecule has 2 saturated heterocycles. The summed E-state index contributed by atoms with van der Waals surface area (Å²) in [4.78, 5) is 17.9. The first-order valence-corrected chi connectivity index (χ1v) is 8.69. The second-order valence-corrected chi connectivity index (χ2v) is 7.55. The molecule has 2 atom stereocenters. The van der Waals surface area contributed by atoms with E-state index in [1.807, 2.05) is 28.5 Å². The molecule has 0 saturated carbocycles. The van der Waals surface area contributed by atoms with Gasteiger partial charge in [0.25, 0.3) is 0 Å². The topological polar surface area (TPSA) is 32.8 Å². The van der Waals surface area contributed by atoms with Gasteiger partial charge in [0.15, 0.2) is 0 Å². The van der Waals surface area contributed by atoms with Gasteiger partial charge in [0.2, 0.25) is 5.91 Å². The largest absolute Gasteiger partial charge is 0.384 e. The van der Waals surface area contributed by atoms with E-state index >= 15 is 0 Å². The van der Waals surface area contributed by atoms with Crippen LogP contribution in [-0.4, -0.2) is 62.7 Å². The molecular formula is C17H24N2O2S. The zero-order chi connectivity index (χ0) is 15.6. The van der Waals surface area contributed by atoms with Crippen LogP contribution in [0.25, 0.3) is 6.08 Å². The van der Waals surface area contributed by atoms with Crippen molar-refractivity contribution in [3.63, 3.8) is 0 Å². The van der Waals surface area contributed by atoms with Gasteiger partial charge in [0, 0.05) is 55.6 Å². The predicted octanol–water partition coefficient (Wildman–Crippen LogP) is 2.19. The van der Waals surface area contributed by atoms with Crippen LogP contribution in [-0.2, 0) is 9.53 Å². The molecule has 120 valence electrons. The van der Waals surface area contributed by atoms with E-state index in [2.05, 4.69) is 11.9 Å². The van der Waals surface area contributed by atoms with E-state index in [-0.39, 0.29) is 11.3 Å². The standard InChI is InChI=1S/C17H24N2O2S/c1-18-10-14(11-21-2)17(12-18)7-8-19(13-17)16(20)6-5-15-4-3-9-22-15/h3-6,9,14H,7-8,10-13H2,1-2H3/b6-5+/t14-,17+/m0/s1. The smallest absolute Gasteiger partial charge is 0.246 e. The Bertz CT molecular complexity index is 543. The molecule has 5 heteroatoms. The second kappa shape index (κ2) is 6.52. The van der Waals surface area contributed by atoms with E-state index in [1.54, 1.807) is 24.5 Å². The summed E-state index contributed by atoms with van der Waals surface area (Å²) >= 11 is 1.65. The van der Waals surface area contributed by atoms with Gasteiger partial charge in [-0.3, -0.25) is 4.79 Å². The fourth-order valence-electron chi connectivity index (χ4n) is 3.92. The SMILES string of the molecule is COC[C@@H]1CN(C)C[C@@]12CCN(C(=O)/C=C/c1cccs1)C2. The first-order chi connectivity index (χ1) is 10.6. The molecule has 22 heavy (non-hydrogen) atoms. The van der Waals surface area contributed by atoms with Crippen molar-refractivity contribution in [1.29, 1.82) is 0 Å². The fraction of sp³-hybridized carbons (Fsp3) is 0.588. The Morgan fingerprint density at radius 1 is 1.55 bits per heavy atom. The lowest BCUT2D eigenvalue weighted by atomic mass is 9.78. The van der Waals surface area contributed by atoms with E-state index in [9.17, 15) is 4.79 Å². The molecule has 0 bridgehead atoms. The van der Waals surface area contributed by atoms with Gasteiger partial charge < -0.3 is 14.5 Å². The van der Waals surface area contributed by atoms with Crippen molar-refractivity contribution in [2.45, 2.75) is 6.42 Å². The molecule has 0 aliphatic carbocycles. The lowest BCUT2D eigenvalue weighted by Crippen LogP contribution is -2.37. The van der Waals surface area contributed by atoms with Crippen LogP contribution < -0.4 is 0 Å². The number of thiophene rings is 1. The summed E-state index contributed by atoms with van der Waals surface area (Å²) in [7, 11) is 3.94. The number of amides is 1. The lowest BCUT2D eigenvalue weighted by Gasteiger charge is -2.29. The van der Waals surface area contributed by atoms with Crippen LogP contribution in [0.3, 0.4) is 0 Å². The summed E-state index contributed by atoms with van der Waals surface area (Å²) in [5.74, 6) is 0.664. The van der Waals surface area contributed by atoms with Gasteiger partial charge in [0.05, 0.1) is 6.61 Å². The Balaban J connectivity index is 1.65. The van der Waals surface area contributed by atoms with Crippen LogP contribution in [0.4, 0.5) is 0 Å². The minimum Gasteiger partial charge on any atom is -0.384 e. The highest BCUT2D eigenvalue weighted by molar-refractivity contribution is 7.10. The van der Waals surface area contributed by atoms with E-state index < -0.39 is 0 Å². The summed E-state index contributed by atoms with van der Waals surface area (Å²) < 4.78 is 5.41. The normalized spacial score (nSPS) is 29.2. The number of nitrogens with zero attached hydrogens (tertiary/aromatic N) is 2. The number of hydrogen-bond acceptors (Lipinski definition) is 4. The molecule has 2 aliphatic heterocycles. The monoisotopic (exact) mass is 320 g/mol. The highest BCUT2D eigenvalue weighted by Crippen LogP contribution is 2.43. The third-order valence-electron chi connectivity index (χ3n) is 4.98. The van der Waals surface area contributed by atoms with Crippen LogP contribution in [0, 0.1) is 11.3 Å². The van der Waals surface area contributed by atoms with Crippen molar-refractivity contribution >= 4 is 23.3 Å². The van der Waals surface area contributed by atoms with Crippen LogP contribution in [0.1, 0.15) is 11.3 Å². The van der Waals surface area contributed by atoms with Crippen molar-refractivity contribution in [2.75, 3.05) is 46.9 Å². The average molecular weight is 320 g/mol. The molecule has 1 spiro atoms. The summed E-state index contributed by atoms with van der Waals surface area (Å²) in [5, 5.41) is 2.03. The molecule has 0 unspecified atom stereocenters. The Labute approximate surface area is 136 Å². The van der Waals surface area contributed by atoms with Crippen LogP contribution in [0.15, 0.2) is 23.6 Å². The lowest BCUT2D eigenvalue weighted by molar-refractivity contribution is -0.125. The quantitative estimate of drug-likeness (QED) is 0.797. The first-order valence-electron chi connectivity index (χ1n) is 7.81. The van der Waals surface area contributed by atoms with Crippen LogP contribution in [0.2, 0.25) is 0 Å². The summed E-state index contributed by atoms with van der Waals surface area (Å²) in [6.45, 7) is 4.65. The van der Waals surface area contributed by atoms with Gasteiger partial charge in [0.1, 0.15) is 0 Å². The Hall–Kier alpha value is -1.17. The summed E-state index contributed by atoms with van der Waals surface area (Å²) in [6, 6.07) is 4.03. The molecular weight excluding hydrogens is 296 g/mol. The van der Waals surface area contributed by atoms with Gasteiger partial charge >= 0.3 is 0 Å². The number of hydrogen-bond donors (Lipinski definition) is 0. The second-order valence-electron chi connectivity index (χ2n) is 6.57. The van der Waals surface area contributed by atoms with Gasteiger partial charge in [-0.2, -0.15) is 0 Å². The Kier molecular flexibility index (Phi) is 4.66. The van der Waals surface area contributed by atoms with E-state index in [0.29, 0.717) is 5.92 Å². The zero-order valence-corrected chi connectivity index (χ0v) is 14.1. The van der Waals surface area contributed by atoms with Crippen LogP contribution >= 0.6 is 11.3 Å². The zero-order valence-electron chi connectivity index (χ0n) is 13.3. The number of ether oxygens (including phenoxy) is 1. The maximum Gasteiger partial charge on any atom is 0.246 e. The minimum atomic E-state index is 0.135. The number of likely N-dealkylation sites (tertiary alicyclic amines) is 2. The molecule has 2 fully saturated rings. The summed E-state index contributed by atoms with van der Waals surface area (Å²) in [6.07, 6.45) is 4.73. The van der Waals surface area contributed by atoms with Crippen molar-refractivity contribution in [3.8, 4) is 0 Å². The van der Waals surface area contributed by atoms with Crippen molar-refractivity contribution in [1.82, 2.24) is 9.80 Å². The minimum absolute atomic E-state index is 0.135. The molecule has 2 aliphatic rings. The average Bonchev–Trinajstić information content (AvgIpc) is 3.20. The number of carbonyl (C=O) groups excluding carboxylic acids is 1. The molecule has 0 N–H and O–H groups in total. The fourth-order valence-corrected chi connectivity index (χ4v) is 4.54. The van der Waals surface area contributed by atoms with Gasteiger partial charge in [-0.1, -0.05) is 6.07 Å². The first kappa shape index (κ1) is 15.7. The molecule has 1 aromatic heterocycles. The maximum atomic E-state index is 12.4. The van der Waals surface area contributed by atoms with Crippen molar-refractivity contribution in [2.24, 2.45) is 11.3 Å². The van der Waals surface area contributed by atoms with Crippen molar-refractivity contribution in [3.05, 3.63) is 28.5 Å². The maximum absolute atomic E-state index is 12.4. The molecule has 0 aromatic carbocycles. The molecule has 3 rings (SSSR count). The number of carbonyl (C=O) groups is 1. The molecule has 0 radical (unpaired) electrons. The Morgan fingerprint density at radius 3 is 3.14 bits per heavy atom. The van der Waals surface area contributed by atoms with Gasteiger partial charge in [-0.15, -0.1) is 11.3 Å². The third-order valence-corrected chi connectivity index (χ3v) is 5.82. The van der Waals surface area contributed by atoms with E-state index in [0.717, 1.165) is 44.1 Å². The number of rotatable bonds is 4. The molecule has 1 amide bonds. The molecule has 3 heterocycles. The van der Waals surface area contributed by atoms with Gasteiger partial charge in [-0.25, -0.2) is 0 Å². The number of methoxy groups -OCH3 is 1. The van der Waals surface area contributed by atoms with E-state index in [4.69, 9.17) is 4.74 Å². The highest BCUT2D eigenvalue weighted by atomic mass is 32.1. The predicted molar refractivity (Wildman–Crippen MR) is 89.8 cm³/mol. The van der Waals surface area contributed by atoms with Gasteiger partial charge in [-0.05, 0) is 31.0 Å². The molecule has 1 aromatic rings.